The van der Waals surface area contributed by atoms with Crippen LogP contribution < -0.4 is 5.32 Å². The van der Waals surface area contributed by atoms with E-state index in [-0.39, 0.29) is 0 Å². The first kappa shape index (κ1) is 16.1. The summed E-state index contributed by atoms with van der Waals surface area (Å²) in [5.74, 6) is 0. The van der Waals surface area contributed by atoms with Crippen LogP contribution in [0.25, 0.3) is 21.3 Å². The number of thioether (sulfide) groups is 1. The average molecular weight is 364 g/mol. The Morgan fingerprint density at radius 3 is 2.68 bits per heavy atom. The summed E-state index contributed by atoms with van der Waals surface area (Å²) in [5, 5.41) is 4.42. The van der Waals surface area contributed by atoms with Gasteiger partial charge in [-0.1, -0.05) is 35.6 Å². The van der Waals surface area contributed by atoms with Crippen molar-refractivity contribution in [3.8, 4) is 11.1 Å². The average Bonchev–Trinajstić information content (AvgIpc) is 3.09. The fourth-order valence-electron chi connectivity index (χ4n) is 2.74. The molecule has 0 amide bonds. The molecule has 5 heteroatoms. The van der Waals surface area contributed by atoms with Crippen molar-refractivity contribution in [1.29, 1.82) is 0 Å². The molecule has 0 spiro atoms. The number of thiazole rings is 1. The summed E-state index contributed by atoms with van der Waals surface area (Å²) >= 11 is 3.47. The molecule has 2 aromatic heterocycles. The maximum atomic E-state index is 4.71. The molecule has 25 heavy (non-hydrogen) atoms. The van der Waals surface area contributed by atoms with E-state index in [1.54, 1.807) is 23.1 Å². The van der Waals surface area contributed by atoms with Gasteiger partial charge in [0.25, 0.3) is 0 Å². The van der Waals surface area contributed by atoms with Crippen molar-refractivity contribution in [3.05, 3.63) is 72.6 Å². The van der Waals surface area contributed by atoms with Gasteiger partial charge in [0.15, 0.2) is 5.13 Å². The lowest BCUT2D eigenvalue weighted by Crippen LogP contribution is -1.99. The van der Waals surface area contributed by atoms with E-state index in [0.717, 1.165) is 17.2 Å². The molecule has 124 valence electrons. The van der Waals surface area contributed by atoms with Gasteiger partial charge in [-0.15, -0.1) is 11.8 Å². The zero-order valence-electron chi connectivity index (χ0n) is 13.8. The second-order valence-electron chi connectivity index (χ2n) is 5.60. The van der Waals surface area contributed by atoms with E-state index in [4.69, 9.17) is 4.98 Å². The van der Waals surface area contributed by atoms with Crippen molar-refractivity contribution < 1.29 is 0 Å². The molecule has 0 saturated heterocycles. The Kier molecular flexibility index (Phi) is 4.68. The smallest absolute Gasteiger partial charge is 0.184 e. The van der Waals surface area contributed by atoms with Crippen LogP contribution in [0.5, 0.6) is 0 Å². The van der Waals surface area contributed by atoms with Gasteiger partial charge in [0.05, 0.1) is 10.2 Å². The molecular weight excluding hydrogens is 346 g/mol. The highest BCUT2D eigenvalue weighted by Gasteiger charge is 2.07. The molecule has 2 heterocycles. The topological polar surface area (TPSA) is 37.8 Å². The van der Waals surface area contributed by atoms with Crippen LogP contribution in [0.1, 0.15) is 5.56 Å². The molecule has 0 saturated carbocycles. The van der Waals surface area contributed by atoms with Crippen molar-refractivity contribution >= 4 is 38.4 Å². The summed E-state index contributed by atoms with van der Waals surface area (Å²) in [5.41, 5.74) is 4.70. The lowest BCUT2D eigenvalue weighted by atomic mass is 10.1. The number of fused-ring (bicyclic) bond motifs is 1. The molecule has 1 N–H and O–H groups in total. The van der Waals surface area contributed by atoms with Crippen LogP contribution in [-0.2, 0) is 6.54 Å². The zero-order valence-corrected chi connectivity index (χ0v) is 15.4. The van der Waals surface area contributed by atoms with Gasteiger partial charge in [0.1, 0.15) is 0 Å². The molecule has 0 unspecified atom stereocenters. The number of nitrogens with zero attached hydrogens (tertiary/aromatic N) is 2. The van der Waals surface area contributed by atoms with Gasteiger partial charge >= 0.3 is 0 Å². The molecule has 0 aliphatic rings. The first-order valence-corrected chi connectivity index (χ1v) is 10.0. The van der Waals surface area contributed by atoms with Gasteiger partial charge in [0.2, 0.25) is 0 Å². The molecule has 0 atom stereocenters. The van der Waals surface area contributed by atoms with Gasteiger partial charge in [0, 0.05) is 23.8 Å². The van der Waals surface area contributed by atoms with Crippen LogP contribution >= 0.6 is 23.1 Å². The molecule has 0 bridgehead atoms. The van der Waals surface area contributed by atoms with Crippen LogP contribution in [0.15, 0.2) is 71.9 Å². The van der Waals surface area contributed by atoms with E-state index >= 15 is 0 Å². The van der Waals surface area contributed by atoms with E-state index in [0.29, 0.717) is 0 Å². The summed E-state index contributed by atoms with van der Waals surface area (Å²) < 4.78 is 1.19. The Morgan fingerprint density at radius 2 is 1.84 bits per heavy atom. The fraction of sp³-hybridized carbons (Fsp3) is 0.100. The second kappa shape index (κ2) is 7.25. The van der Waals surface area contributed by atoms with Crippen molar-refractivity contribution in [2.24, 2.45) is 0 Å². The highest BCUT2D eigenvalue weighted by atomic mass is 32.2. The summed E-state index contributed by atoms with van der Waals surface area (Å²) in [6.45, 7) is 0.786. The van der Waals surface area contributed by atoms with E-state index in [2.05, 4.69) is 59.0 Å². The zero-order chi connectivity index (χ0) is 17.1. The number of benzene rings is 2. The third kappa shape index (κ3) is 3.52. The van der Waals surface area contributed by atoms with Gasteiger partial charge in [-0.25, -0.2) is 4.98 Å². The lowest BCUT2D eigenvalue weighted by Gasteiger charge is -2.07. The third-order valence-electron chi connectivity index (χ3n) is 4.02. The third-order valence-corrected chi connectivity index (χ3v) is 5.84. The first-order valence-electron chi connectivity index (χ1n) is 8.00. The van der Waals surface area contributed by atoms with Crippen molar-refractivity contribution in [1.82, 2.24) is 9.97 Å². The van der Waals surface area contributed by atoms with Crippen LogP contribution in [0.3, 0.4) is 0 Å². The minimum absolute atomic E-state index is 0.786. The molecule has 0 aliphatic carbocycles. The maximum Gasteiger partial charge on any atom is 0.184 e. The highest BCUT2D eigenvalue weighted by Crippen LogP contribution is 2.31. The van der Waals surface area contributed by atoms with Gasteiger partial charge < -0.3 is 5.32 Å². The predicted octanol–water partition coefficient (Wildman–Crippen LogP) is 5.69. The molecule has 0 radical (unpaired) electrons. The van der Waals surface area contributed by atoms with Gasteiger partial charge in [-0.05, 0) is 53.3 Å². The first-order chi connectivity index (χ1) is 12.3. The van der Waals surface area contributed by atoms with E-state index in [9.17, 15) is 0 Å². The minimum Gasteiger partial charge on any atom is -0.357 e. The summed E-state index contributed by atoms with van der Waals surface area (Å²) in [7, 11) is 0. The Hall–Kier alpha value is -2.37. The number of aromatic nitrogens is 2. The number of anilines is 1. The van der Waals surface area contributed by atoms with Crippen molar-refractivity contribution in [3.63, 3.8) is 0 Å². The quantitative estimate of drug-likeness (QED) is 0.462. The molecule has 0 fully saturated rings. The van der Waals surface area contributed by atoms with Crippen LogP contribution in [0.4, 0.5) is 5.13 Å². The Bertz CT molecular complexity index is 996. The van der Waals surface area contributed by atoms with Crippen LogP contribution in [-0.4, -0.2) is 16.2 Å². The number of hydrogen-bond donors (Lipinski definition) is 1. The van der Waals surface area contributed by atoms with Crippen molar-refractivity contribution in [2.75, 3.05) is 11.6 Å². The second-order valence-corrected chi connectivity index (χ2v) is 7.48. The Labute approximate surface area is 155 Å². The molecule has 4 aromatic rings. The Morgan fingerprint density at radius 1 is 1.00 bits per heavy atom. The lowest BCUT2D eigenvalue weighted by molar-refractivity contribution is 1.09. The molecule has 2 aromatic carbocycles. The number of nitrogens with one attached hydrogen (secondary N) is 1. The maximum absolute atomic E-state index is 4.71. The van der Waals surface area contributed by atoms with E-state index in [1.807, 2.05) is 24.5 Å². The van der Waals surface area contributed by atoms with E-state index < -0.39 is 0 Å². The van der Waals surface area contributed by atoms with Crippen LogP contribution in [0.2, 0.25) is 0 Å². The summed E-state index contributed by atoms with van der Waals surface area (Å²) in [6, 6.07) is 18.9. The Balaban J connectivity index is 1.57. The molecule has 4 rings (SSSR count). The minimum atomic E-state index is 0.786. The number of hydrogen-bond acceptors (Lipinski definition) is 5. The molecular formula is C20H17N3S2. The predicted molar refractivity (Wildman–Crippen MR) is 108 cm³/mol. The largest absolute Gasteiger partial charge is 0.357 e. The molecule has 0 aliphatic heterocycles. The summed E-state index contributed by atoms with van der Waals surface area (Å²) in [4.78, 5) is 10.1. The van der Waals surface area contributed by atoms with Crippen LogP contribution in [0, 0.1) is 0 Å². The highest BCUT2D eigenvalue weighted by molar-refractivity contribution is 7.98. The van der Waals surface area contributed by atoms with Gasteiger partial charge in [-0.2, -0.15) is 0 Å². The SMILES string of the molecule is CSc1ccccc1CNc1nc2ccc(-c3ccncc3)cc2s1. The van der Waals surface area contributed by atoms with Crippen molar-refractivity contribution in [2.45, 2.75) is 11.4 Å². The molecule has 3 nitrogen and oxygen atoms in total. The van der Waals surface area contributed by atoms with Gasteiger partial charge in [-0.3, -0.25) is 4.98 Å². The summed E-state index contributed by atoms with van der Waals surface area (Å²) in [6.07, 6.45) is 5.75. The van der Waals surface area contributed by atoms with E-state index in [1.165, 1.54) is 26.3 Å². The normalized spacial score (nSPS) is 10.9. The standard InChI is InChI=1S/C20H17N3S2/c1-24-18-5-3-2-4-16(18)13-22-20-23-17-7-6-15(12-19(17)25-20)14-8-10-21-11-9-14/h2-12H,13H2,1H3,(H,22,23). The monoisotopic (exact) mass is 363 g/mol. The fourth-order valence-corrected chi connectivity index (χ4v) is 4.26. The number of pyridine rings is 1. The number of rotatable bonds is 5.